The van der Waals surface area contributed by atoms with E-state index in [0.717, 1.165) is 51.4 Å². The molecule has 2 aromatic rings. The van der Waals surface area contributed by atoms with Gasteiger partial charge in [0.05, 0.1) is 18.8 Å². The second-order valence-corrected chi connectivity index (χ2v) is 21.1. The van der Waals surface area contributed by atoms with Crippen LogP contribution in [-0.4, -0.2) is 93.9 Å². The van der Waals surface area contributed by atoms with Crippen molar-refractivity contribution in [3.63, 3.8) is 0 Å². The van der Waals surface area contributed by atoms with E-state index >= 15 is 0 Å². The van der Waals surface area contributed by atoms with Gasteiger partial charge in [-0.1, -0.05) is 210 Å². The zero-order valence-corrected chi connectivity index (χ0v) is 50.4. The van der Waals surface area contributed by atoms with Gasteiger partial charge >= 0.3 is 75.5 Å². The number of aliphatic imine (C=N–C) groups is 1. The van der Waals surface area contributed by atoms with Crippen molar-refractivity contribution in [3.8, 4) is 0 Å². The van der Waals surface area contributed by atoms with Crippen molar-refractivity contribution in [1.82, 2.24) is 0 Å². The minimum Gasteiger partial charge on any atom is -0.862 e. The van der Waals surface area contributed by atoms with E-state index in [1.54, 1.807) is 66.7 Å². The summed E-state index contributed by atoms with van der Waals surface area (Å²) in [6.45, 7) is 3.58. The van der Waals surface area contributed by atoms with Gasteiger partial charge in [0, 0.05) is 5.56 Å². The number of ether oxygens (including phenoxy) is 5. The minimum atomic E-state index is -5.59. The second-order valence-electron chi connectivity index (χ2n) is 19.1. The van der Waals surface area contributed by atoms with Crippen LogP contribution < -0.4 is 64.2 Å². The third-order valence-electron chi connectivity index (χ3n) is 13.0. The quantitative estimate of drug-likeness (QED) is 0.0136. The number of rotatable bonds is 39. The smallest absolute Gasteiger partial charge is 0.862 e. The van der Waals surface area contributed by atoms with Crippen molar-refractivity contribution in [1.29, 1.82) is 0 Å². The van der Waals surface area contributed by atoms with Crippen LogP contribution in [0.2, 0.25) is 0 Å². The molecule has 408 valence electrons. The Hall–Kier alpha value is -1.30. The Labute approximate surface area is 487 Å². The van der Waals surface area contributed by atoms with E-state index < -0.39 is 88.4 Å². The number of esters is 1. The van der Waals surface area contributed by atoms with Crippen molar-refractivity contribution in [3.05, 3.63) is 83.9 Å². The molecular formula is C54H83NNa2O15S2. The Morgan fingerprint density at radius 3 is 1.72 bits per heavy atom. The molecule has 2 saturated heterocycles. The first kappa shape index (κ1) is 68.8. The number of allylic oxidation sites excluding steroid dienone is 1. The Kier molecular flexibility index (Phi) is 37.2. The summed E-state index contributed by atoms with van der Waals surface area (Å²) < 4.78 is 111. The van der Waals surface area contributed by atoms with Gasteiger partial charge < -0.3 is 33.3 Å². The van der Waals surface area contributed by atoms with Crippen molar-refractivity contribution in [2.45, 2.75) is 230 Å². The Bertz CT molecular complexity index is 2050. The molecule has 16 nitrogen and oxygen atoms in total. The van der Waals surface area contributed by atoms with Crippen molar-refractivity contribution in [2.75, 3.05) is 13.2 Å². The molecule has 0 spiro atoms. The van der Waals surface area contributed by atoms with Gasteiger partial charge in [0.2, 0.25) is 10.4 Å². The van der Waals surface area contributed by atoms with Gasteiger partial charge in [-0.25, -0.2) is 17.4 Å². The van der Waals surface area contributed by atoms with Crippen molar-refractivity contribution in [2.24, 2.45) is 4.99 Å². The van der Waals surface area contributed by atoms with Gasteiger partial charge in [-0.3, -0.25) is 13.7 Å². The molecule has 0 aliphatic carbocycles. The first-order chi connectivity index (χ1) is 34.8. The Morgan fingerprint density at radius 1 is 0.703 bits per heavy atom. The molecule has 0 radical (unpaired) electrons. The molecule has 20 heteroatoms. The summed E-state index contributed by atoms with van der Waals surface area (Å²) in [6, 6.07) is 15.5. The summed E-state index contributed by atoms with van der Waals surface area (Å²) in [5, 5.41) is 13.7. The molecule has 4 rings (SSSR count). The zero-order chi connectivity index (χ0) is 51.9. The van der Waals surface area contributed by atoms with Gasteiger partial charge in [-0.05, 0) is 49.8 Å². The molecule has 0 aromatic heterocycles. The van der Waals surface area contributed by atoms with Gasteiger partial charge in [-0.2, -0.15) is 8.42 Å². The number of carbonyl (C=O) groups is 1. The van der Waals surface area contributed by atoms with Crippen LogP contribution in [0.25, 0.3) is 0 Å². The standard InChI is InChI=1S/C54H85NO15S2.2Na/c1-3-5-7-9-11-13-15-17-19-21-23-25-33-39-46(66-52(57)43-35-29-27-30-36-43)45(55-48(56)40-34-26-24-22-20-18-16-14-12-10-8-6-4-2)41-64-54-51(70-72(61,62)63)50(69-71(58,59)60)49-47(67-54)42-65-53(68-49)44-37-31-28-32-38-44;;/h27-33,35-39,45-47,49-51,53-54H,3-26,34,40-42H2,1-2H3,(H,55,56)(H,58,59,60)(H,61,62,63);;/q;2*+1/p-2/b39-33+;;/t45-,46+,47+,49-,50-,51+,53?,54+;;/m0../s1. The normalized spacial score (nSPS) is 21.1. The molecule has 0 saturated carbocycles. The third kappa shape index (κ3) is 29.1. The molecule has 1 unspecified atom stereocenters. The molecule has 1 N–H and O–H groups in total. The van der Waals surface area contributed by atoms with E-state index in [1.807, 2.05) is 6.08 Å². The molecule has 2 fully saturated rings. The Morgan fingerprint density at radius 2 is 1.20 bits per heavy atom. The fourth-order valence-electron chi connectivity index (χ4n) is 9.06. The number of hydrogen-bond donors (Lipinski definition) is 1. The molecule has 8 atom stereocenters. The second kappa shape index (κ2) is 40.0. The average Bonchev–Trinajstić information content (AvgIpc) is 3.35. The number of fused-ring (bicyclic) bond motifs is 1. The predicted octanol–water partition coefficient (Wildman–Crippen LogP) is 4.98. The SMILES string of the molecule is CCCCCCCCCCCCC/C=C/[C@@H](OC(=O)c1ccccc1)[C@H](CO[C@@H]1O[C@@H]2COC(c3ccccc3)O[C@@H]2[C@H](OS(=O)(=O)[O-])[C@H]1OS(=O)(=O)O)N=C([O-])CCCCCCCCCCCCCCC.[Na+].[Na+]. The van der Waals surface area contributed by atoms with Crippen LogP contribution in [0.4, 0.5) is 0 Å². The first-order valence-electron chi connectivity index (χ1n) is 26.8. The maximum Gasteiger partial charge on any atom is 1.00 e. The van der Waals surface area contributed by atoms with E-state index in [1.165, 1.54) is 96.3 Å². The molecule has 74 heavy (non-hydrogen) atoms. The molecule has 0 amide bonds. The van der Waals surface area contributed by atoms with Gasteiger partial charge in [0.1, 0.15) is 30.5 Å². The molecule has 2 aliphatic rings. The maximum atomic E-state index is 13.7. The molecular weight excluding hydrogens is 1010 g/mol. The third-order valence-corrected chi connectivity index (χ3v) is 13.9. The van der Waals surface area contributed by atoms with E-state index in [4.69, 9.17) is 32.1 Å². The summed E-state index contributed by atoms with van der Waals surface area (Å²) in [4.78, 5) is 18.2. The van der Waals surface area contributed by atoms with Gasteiger partial charge in [0.15, 0.2) is 18.7 Å². The monoisotopic (exact) mass is 1100 g/mol. The number of unbranched alkanes of at least 4 members (excludes halogenated alkanes) is 23. The largest absolute Gasteiger partial charge is 1.00 e. The summed E-state index contributed by atoms with van der Waals surface area (Å²) in [5.74, 6) is -1.19. The van der Waals surface area contributed by atoms with Crippen LogP contribution in [-0.2, 0) is 52.8 Å². The maximum absolute atomic E-state index is 13.7. The summed E-state index contributed by atoms with van der Waals surface area (Å²) >= 11 is 0. The fourth-order valence-corrected chi connectivity index (χ4v) is 10.0. The predicted molar refractivity (Wildman–Crippen MR) is 273 cm³/mol. The van der Waals surface area contributed by atoms with E-state index in [-0.39, 0.29) is 77.7 Å². The van der Waals surface area contributed by atoms with E-state index in [2.05, 4.69) is 18.8 Å². The number of nitrogens with zero attached hydrogens (tertiary/aromatic N) is 1. The number of hydrogen-bond acceptors (Lipinski definition) is 15. The van der Waals surface area contributed by atoms with Crippen LogP contribution in [0, 0.1) is 0 Å². The Balaban J connectivity index is 0.00000937. The first-order valence-corrected chi connectivity index (χ1v) is 29.5. The summed E-state index contributed by atoms with van der Waals surface area (Å²) in [7, 11) is -11.0. The summed E-state index contributed by atoms with van der Waals surface area (Å²) in [6.07, 6.45) is 20.7. The zero-order valence-electron chi connectivity index (χ0n) is 44.8. The van der Waals surface area contributed by atoms with Crippen LogP contribution in [0.3, 0.4) is 0 Å². The minimum absolute atomic E-state index is 0. The van der Waals surface area contributed by atoms with Crippen LogP contribution in [0.15, 0.2) is 77.8 Å². The average molecular weight is 1100 g/mol. The molecule has 2 aliphatic heterocycles. The summed E-state index contributed by atoms with van der Waals surface area (Å²) in [5.41, 5.74) is 0.748. The van der Waals surface area contributed by atoms with E-state index in [9.17, 15) is 35.8 Å². The molecule has 2 heterocycles. The molecule has 2 aromatic carbocycles. The van der Waals surface area contributed by atoms with Crippen molar-refractivity contribution >= 4 is 32.7 Å². The fraction of sp³-hybridized carbons (Fsp3) is 0.704. The topological polar surface area (TPSA) is 229 Å². The van der Waals surface area contributed by atoms with Crippen molar-refractivity contribution < 1.29 is 127 Å². The molecule has 0 bridgehead atoms. The van der Waals surface area contributed by atoms with Crippen LogP contribution >= 0.6 is 0 Å². The number of benzene rings is 2. The number of carbonyl (C=O) groups excluding carboxylic acids is 1. The van der Waals surface area contributed by atoms with Crippen LogP contribution in [0.5, 0.6) is 0 Å². The van der Waals surface area contributed by atoms with Crippen LogP contribution in [0.1, 0.15) is 203 Å². The van der Waals surface area contributed by atoms with Gasteiger partial charge in [-0.15, -0.1) is 0 Å². The van der Waals surface area contributed by atoms with E-state index in [0.29, 0.717) is 18.4 Å². The van der Waals surface area contributed by atoms with Gasteiger partial charge in [0.25, 0.3) is 0 Å².